The summed E-state index contributed by atoms with van der Waals surface area (Å²) < 4.78 is 0. The molecule has 2 heterocycles. The van der Waals surface area contributed by atoms with Crippen molar-refractivity contribution in [3.8, 4) is 0 Å². The molecule has 0 bridgehead atoms. The molecule has 0 radical (unpaired) electrons. The number of para-hydroxylation sites is 1. The average Bonchev–Trinajstić information content (AvgIpc) is 3.28. The van der Waals surface area contributed by atoms with Gasteiger partial charge in [0.2, 0.25) is 5.91 Å². The third kappa shape index (κ3) is 4.82. The molecule has 1 aromatic heterocycles. The van der Waals surface area contributed by atoms with Crippen LogP contribution in [0.2, 0.25) is 0 Å². The Morgan fingerprint density at radius 1 is 1.16 bits per heavy atom. The summed E-state index contributed by atoms with van der Waals surface area (Å²) in [7, 11) is 0. The SMILES string of the molecule is Cc1ccc(C(=O)NCC(=O)NC[C@H]2CCN(c3ccccc3)C2)s1. The molecule has 2 N–H and O–H groups in total. The second kappa shape index (κ2) is 8.16. The Labute approximate surface area is 152 Å². The van der Waals surface area contributed by atoms with Gasteiger partial charge in [0.05, 0.1) is 11.4 Å². The maximum atomic E-state index is 12.0. The van der Waals surface area contributed by atoms with Gasteiger partial charge < -0.3 is 15.5 Å². The summed E-state index contributed by atoms with van der Waals surface area (Å²) in [6.45, 7) is 4.58. The van der Waals surface area contributed by atoms with Crippen molar-refractivity contribution in [2.45, 2.75) is 13.3 Å². The number of carbonyl (C=O) groups excluding carboxylic acids is 2. The summed E-state index contributed by atoms with van der Waals surface area (Å²) >= 11 is 1.43. The van der Waals surface area contributed by atoms with Crippen LogP contribution in [0.15, 0.2) is 42.5 Å². The van der Waals surface area contributed by atoms with E-state index in [2.05, 4.69) is 27.7 Å². The van der Waals surface area contributed by atoms with Gasteiger partial charge >= 0.3 is 0 Å². The fourth-order valence-electron chi connectivity index (χ4n) is 3.00. The van der Waals surface area contributed by atoms with Crippen molar-refractivity contribution in [1.29, 1.82) is 0 Å². The smallest absolute Gasteiger partial charge is 0.261 e. The first-order valence-electron chi connectivity index (χ1n) is 8.53. The molecule has 5 nitrogen and oxygen atoms in total. The minimum absolute atomic E-state index is 0.0188. The van der Waals surface area contributed by atoms with Gasteiger partial charge in [0.1, 0.15) is 0 Å². The van der Waals surface area contributed by atoms with Gasteiger partial charge in [-0.2, -0.15) is 0 Å². The largest absolute Gasteiger partial charge is 0.371 e. The highest BCUT2D eigenvalue weighted by molar-refractivity contribution is 7.13. The normalized spacial score (nSPS) is 16.7. The van der Waals surface area contributed by atoms with E-state index in [9.17, 15) is 9.59 Å². The van der Waals surface area contributed by atoms with Gasteiger partial charge in [0.25, 0.3) is 5.91 Å². The van der Waals surface area contributed by atoms with Gasteiger partial charge in [-0.1, -0.05) is 18.2 Å². The van der Waals surface area contributed by atoms with Crippen LogP contribution in [-0.2, 0) is 4.79 Å². The Kier molecular flexibility index (Phi) is 5.71. The molecule has 1 aliphatic rings. The van der Waals surface area contributed by atoms with E-state index in [4.69, 9.17) is 0 Å². The van der Waals surface area contributed by atoms with E-state index in [-0.39, 0.29) is 18.4 Å². The Morgan fingerprint density at radius 3 is 2.68 bits per heavy atom. The van der Waals surface area contributed by atoms with Crippen LogP contribution >= 0.6 is 11.3 Å². The van der Waals surface area contributed by atoms with Crippen molar-refractivity contribution in [2.24, 2.45) is 5.92 Å². The minimum Gasteiger partial charge on any atom is -0.371 e. The Hall–Kier alpha value is -2.34. The maximum absolute atomic E-state index is 12.0. The van der Waals surface area contributed by atoms with E-state index in [1.165, 1.54) is 17.0 Å². The molecule has 0 spiro atoms. The third-order valence-electron chi connectivity index (χ3n) is 4.37. The second-order valence-corrected chi connectivity index (χ2v) is 7.62. The van der Waals surface area contributed by atoms with Crippen LogP contribution in [-0.4, -0.2) is 38.0 Å². The molecule has 3 rings (SSSR count). The molecule has 0 saturated carbocycles. The van der Waals surface area contributed by atoms with Crippen LogP contribution in [0.3, 0.4) is 0 Å². The summed E-state index contributed by atoms with van der Waals surface area (Å²) in [5.74, 6) is 0.115. The highest BCUT2D eigenvalue weighted by Gasteiger charge is 2.23. The van der Waals surface area contributed by atoms with E-state index >= 15 is 0 Å². The number of carbonyl (C=O) groups is 2. The first kappa shape index (κ1) is 17.5. The van der Waals surface area contributed by atoms with E-state index in [0.717, 1.165) is 24.4 Å². The lowest BCUT2D eigenvalue weighted by molar-refractivity contribution is -0.120. The minimum atomic E-state index is -0.190. The number of anilines is 1. The number of hydrogen-bond donors (Lipinski definition) is 2. The van der Waals surface area contributed by atoms with Gasteiger partial charge in [0.15, 0.2) is 0 Å². The number of benzene rings is 1. The summed E-state index contributed by atoms with van der Waals surface area (Å²) in [5, 5.41) is 5.60. The molecule has 25 heavy (non-hydrogen) atoms. The van der Waals surface area contributed by atoms with Gasteiger partial charge in [-0.15, -0.1) is 11.3 Å². The molecular weight excluding hydrogens is 334 g/mol. The van der Waals surface area contributed by atoms with Crippen LogP contribution in [0, 0.1) is 12.8 Å². The first-order valence-corrected chi connectivity index (χ1v) is 9.35. The molecule has 1 aliphatic heterocycles. The molecule has 1 aromatic carbocycles. The molecule has 1 saturated heterocycles. The van der Waals surface area contributed by atoms with Crippen molar-refractivity contribution in [2.75, 3.05) is 31.1 Å². The second-order valence-electron chi connectivity index (χ2n) is 6.33. The lowest BCUT2D eigenvalue weighted by atomic mass is 10.1. The maximum Gasteiger partial charge on any atom is 0.261 e. The lowest BCUT2D eigenvalue weighted by Crippen LogP contribution is -2.39. The van der Waals surface area contributed by atoms with Crippen molar-refractivity contribution in [1.82, 2.24) is 10.6 Å². The molecule has 132 valence electrons. The topological polar surface area (TPSA) is 61.4 Å². The highest BCUT2D eigenvalue weighted by atomic mass is 32.1. The van der Waals surface area contributed by atoms with Gasteiger partial charge in [0, 0.05) is 30.2 Å². The molecule has 2 amide bonds. The Balaban J connectivity index is 1.37. The first-order chi connectivity index (χ1) is 12.1. The van der Waals surface area contributed by atoms with Gasteiger partial charge in [-0.25, -0.2) is 0 Å². The van der Waals surface area contributed by atoms with Gasteiger partial charge in [-0.3, -0.25) is 9.59 Å². The number of thiophene rings is 1. The highest BCUT2D eigenvalue weighted by Crippen LogP contribution is 2.22. The van der Waals surface area contributed by atoms with Crippen molar-refractivity contribution < 1.29 is 9.59 Å². The van der Waals surface area contributed by atoms with Crippen LogP contribution < -0.4 is 15.5 Å². The molecular formula is C19H23N3O2S. The third-order valence-corrected chi connectivity index (χ3v) is 5.37. The molecule has 2 aromatic rings. The summed E-state index contributed by atoms with van der Waals surface area (Å²) in [6, 6.07) is 14.0. The fourth-order valence-corrected chi connectivity index (χ4v) is 3.78. The van der Waals surface area contributed by atoms with Crippen molar-refractivity contribution >= 4 is 28.8 Å². The molecule has 6 heteroatoms. The van der Waals surface area contributed by atoms with Gasteiger partial charge in [-0.05, 0) is 43.5 Å². The van der Waals surface area contributed by atoms with E-state index < -0.39 is 0 Å². The van der Waals surface area contributed by atoms with Crippen LogP contribution in [0.5, 0.6) is 0 Å². The molecule has 1 atom stereocenters. The lowest BCUT2D eigenvalue weighted by Gasteiger charge is -2.18. The monoisotopic (exact) mass is 357 g/mol. The summed E-state index contributed by atoms with van der Waals surface area (Å²) in [6.07, 6.45) is 1.07. The number of rotatable bonds is 6. The van der Waals surface area contributed by atoms with Crippen molar-refractivity contribution in [3.05, 3.63) is 52.2 Å². The predicted octanol–water partition coefficient (Wildman–Crippen LogP) is 2.43. The molecule has 0 unspecified atom stereocenters. The fraction of sp³-hybridized carbons (Fsp3) is 0.368. The van der Waals surface area contributed by atoms with Crippen LogP contribution in [0.25, 0.3) is 0 Å². The van der Waals surface area contributed by atoms with E-state index in [1.807, 2.05) is 31.2 Å². The van der Waals surface area contributed by atoms with Crippen LogP contribution in [0.4, 0.5) is 5.69 Å². The van der Waals surface area contributed by atoms with Crippen molar-refractivity contribution in [3.63, 3.8) is 0 Å². The quantitative estimate of drug-likeness (QED) is 0.835. The number of nitrogens with one attached hydrogen (secondary N) is 2. The molecule has 0 aliphatic carbocycles. The average molecular weight is 357 g/mol. The number of amides is 2. The zero-order chi connectivity index (χ0) is 17.6. The standard InChI is InChI=1S/C19H23N3O2S/c1-14-7-8-17(25-14)19(24)21-12-18(23)20-11-15-9-10-22(13-15)16-5-3-2-4-6-16/h2-8,15H,9-13H2,1H3,(H,20,23)(H,21,24)/t15-/m1/s1. The number of nitrogens with zero attached hydrogens (tertiary/aromatic N) is 1. The predicted molar refractivity (Wildman–Crippen MR) is 101 cm³/mol. The zero-order valence-corrected chi connectivity index (χ0v) is 15.1. The van der Waals surface area contributed by atoms with E-state index in [0.29, 0.717) is 17.3 Å². The van der Waals surface area contributed by atoms with E-state index in [1.54, 1.807) is 6.07 Å². The molecule has 1 fully saturated rings. The Bertz CT molecular complexity index is 729. The Morgan fingerprint density at radius 2 is 1.96 bits per heavy atom. The zero-order valence-electron chi connectivity index (χ0n) is 14.3. The number of aryl methyl sites for hydroxylation is 1. The summed E-state index contributed by atoms with van der Waals surface area (Å²) in [4.78, 5) is 28.0. The summed E-state index contributed by atoms with van der Waals surface area (Å²) in [5.41, 5.74) is 1.23. The number of hydrogen-bond acceptors (Lipinski definition) is 4. The van der Waals surface area contributed by atoms with Crippen LogP contribution in [0.1, 0.15) is 21.0 Å².